The molecule has 6 nitrogen and oxygen atoms in total. The molecule has 4 aromatic rings. The van der Waals surface area contributed by atoms with E-state index < -0.39 is 0 Å². The first-order valence-corrected chi connectivity index (χ1v) is 14.1. The average molecular weight is 683 g/mol. The van der Waals surface area contributed by atoms with Crippen molar-refractivity contribution in [3.05, 3.63) is 94.3 Å². The van der Waals surface area contributed by atoms with Crippen LogP contribution in [0.5, 0.6) is 11.5 Å². The Morgan fingerprint density at radius 1 is 0.682 bits per heavy atom. The van der Waals surface area contributed by atoms with Crippen LogP contribution < -0.4 is 0 Å². The number of piperidine rings is 1. The van der Waals surface area contributed by atoms with Gasteiger partial charge in [-0.1, -0.05) is 0 Å². The van der Waals surface area contributed by atoms with Crippen molar-refractivity contribution in [2.75, 3.05) is 20.1 Å². The number of aryl methyl sites for hydroxylation is 4. The summed E-state index contributed by atoms with van der Waals surface area (Å²) >= 11 is 0. The first-order valence-electron chi connectivity index (χ1n) is 14.1. The molecule has 0 amide bonds. The van der Waals surface area contributed by atoms with E-state index in [1.54, 1.807) is 0 Å². The van der Waals surface area contributed by atoms with E-state index in [9.17, 15) is 10.2 Å². The number of halogens is 4. The topological polar surface area (TPSA) is 72.7 Å². The van der Waals surface area contributed by atoms with Gasteiger partial charge in [0.25, 0.3) is 0 Å². The summed E-state index contributed by atoms with van der Waals surface area (Å²) in [7, 11) is 2.23. The molecule has 1 aliphatic heterocycles. The summed E-state index contributed by atoms with van der Waals surface area (Å²) < 4.78 is 0. The van der Waals surface area contributed by atoms with Gasteiger partial charge in [0.2, 0.25) is 0 Å². The van der Waals surface area contributed by atoms with Gasteiger partial charge in [-0.05, 0) is 143 Å². The number of aromatic hydroxyl groups is 2. The highest BCUT2D eigenvalue weighted by molar-refractivity contribution is 5.86. The van der Waals surface area contributed by atoms with Gasteiger partial charge < -0.3 is 10.2 Å². The van der Waals surface area contributed by atoms with E-state index in [-0.39, 0.29) is 49.6 Å². The fourth-order valence-electron chi connectivity index (χ4n) is 5.86. The van der Waals surface area contributed by atoms with E-state index in [1.807, 2.05) is 64.4 Å². The fraction of sp³-hybridized carbons (Fsp3) is 0.353. The second kappa shape index (κ2) is 17.2. The summed E-state index contributed by atoms with van der Waals surface area (Å²) in [5.41, 5.74) is 10.0. The summed E-state index contributed by atoms with van der Waals surface area (Å²) in [5.74, 6) is 0.720. The van der Waals surface area contributed by atoms with E-state index >= 15 is 0 Å². The Kier molecular flexibility index (Phi) is 15.4. The van der Waals surface area contributed by atoms with Gasteiger partial charge >= 0.3 is 0 Å². The summed E-state index contributed by atoms with van der Waals surface area (Å²) in [6.07, 6.45) is 6.06. The molecule has 0 aliphatic carbocycles. The maximum absolute atomic E-state index is 10.1. The molecule has 2 aromatic carbocycles. The van der Waals surface area contributed by atoms with Crippen molar-refractivity contribution < 1.29 is 10.2 Å². The number of aromatic nitrogens is 2. The van der Waals surface area contributed by atoms with Gasteiger partial charge in [-0.25, -0.2) is 0 Å². The molecule has 0 saturated carbocycles. The van der Waals surface area contributed by atoms with Gasteiger partial charge in [0.05, 0.1) is 11.4 Å². The number of pyridine rings is 2. The van der Waals surface area contributed by atoms with Crippen LogP contribution in [0.3, 0.4) is 0 Å². The maximum Gasteiger partial charge on any atom is 0.121 e. The van der Waals surface area contributed by atoms with Crippen LogP contribution in [0.2, 0.25) is 0 Å². The standard InChI is InChI=1S/C34H40N4O2.4ClH/c1-22-14-28(15-23(2)33(22)39)31-18-26(6-10-35-31)20-37(5)30-8-12-38(13-9-30)21-27-7-11-36-32(19-27)29-16-24(3)34(40)25(4)17-29;;;;/h6-7,10-11,14-19,30,39-40H,8-9,12-13,20-21H2,1-5H3;4*1H. The fourth-order valence-corrected chi connectivity index (χ4v) is 5.86. The Morgan fingerprint density at radius 2 is 1.09 bits per heavy atom. The van der Waals surface area contributed by atoms with Crippen molar-refractivity contribution in [1.29, 1.82) is 0 Å². The van der Waals surface area contributed by atoms with Crippen LogP contribution in [0.1, 0.15) is 46.2 Å². The molecular weight excluding hydrogens is 638 g/mol. The van der Waals surface area contributed by atoms with Crippen LogP contribution in [-0.4, -0.2) is 56.2 Å². The molecule has 0 spiro atoms. The molecule has 5 rings (SSSR count). The van der Waals surface area contributed by atoms with E-state index in [0.717, 1.165) is 83.8 Å². The van der Waals surface area contributed by atoms with Crippen molar-refractivity contribution in [2.24, 2.45) is 0 Å². The average Bonchev–Trinajstić information content (AvgIpc) is 2.94. The molecule has 1 fully saturated rings. The molecule has 1 aliphatic rings. The number of rotatable bonds is 7. The van der Waals surface area contributed by atoms with Gasteiger partial charge in [-0.3, -0.25) is 19.8 Å². The lowest BCUT2D eigenvalue weighted by molar-refractivity contribution is 0.119. The van der Waals surface area contributed by atoms with Gasteiger partial charge in [0, 0.05) is 42.7 Å². The van der Waals surface area contributed by atoms with Gasteiger partial charge in [-0.2, -0.15) is 0 Å². The molecule has 0 atom stereocenters. The molecule has 0 radical (unpaired) electrons. The Hall–Kier alpha value is -2.58. The lowest BCUT2D eigenvalue weighted by Gasteiger charge is -2.37. The number of benzene rings is 2. The zero-order valence-corrected chi connectivity index (χ0v) is 29.2. The van der Waals surface area contributed by atoms with Gasteiger partial charge in [0.1, 0.15) is 11.5 Å². The minimum Gasteiger partial charge on any atom is -0.507 e. The highest BCUT2D eigenvalue weighted by Gasteiger charge is 2.23. The van der Waals surface area contributed by atoms with Crippen molar-refractivity contribution in [3.63, 3.8) is 0 Å². The Morgan fingerprint density at radius 3 is 1.55 bits per heavy atom. The molecular formula is C34H44Cl4N4O2. The van der Waals surface area contributed by atoms with Crippen molar-refractivity contribution >= 4 is 49.6 Å². The van der Waals surface area contributed by atoms with Crippen LogP contribution in [0.4, 0.5) is 0 Å². The first-order chi connectivity index (χ1) is 19.2. The Labute approximate surface area is 286 Å². The lowest BCUT2D eigenvalue weighted by Crippen LogP contribution is -2.42. The summed E-state index contributed by atoms with van der Waals surface area (Å²) in [5, 5.41) is 20.3. The largest absolute Gasteiger partial charge is 0.507 e. The minimum atomic E-state index is 0. The zero-order chi connectivity index (χ0) is 28.4. The number of hydrogen-bond acceptors (Lipinski definition) is 6. The second-order valence-corrected chi connectivity index (χ2v) is 11.4. The molecule has 0 unspecified atom stereocenters. The second-order valence-electron chi connectivity index (χ2n) is 11.4. The first kappa shape index (κ1) is 39.4. The lowest BCUT2D eigenvalue weighted by atomic mass is 10.0. The van der Waals surface area contributed by atoms with E-state index in [4.69, 9.17) is 0 Å². The smallest absolute Gasteiger partial charge is 0.121 e. The third kappa shape index (κ3) is 9.23. The van der Waals surface area contributed by atoms with E-state index in [0.29, 0.717) is 17.5 Å². The molecule has 3 heterocycles. The number of likely N-dealkylation sites (tertiary alicyclic amines) is 1. The van der Waals surface area contributed by atoms with Crippen LogP contribution in [-0.2, 0) is 13.1 Å². The Bertz CT molecular complexity index is 1480. The van der Waals surface area contributed by atoms with Crippen molar-refractivity contribution in [2.45, 2.75) is 59.7 Å². The summed E-state index contributed by atoms with van der Waals surface area (Å²) in [4.78, 5) is 14.2. The monoisotopic (exact) mass is 680 g/mol. The molecule has 240 valence electrons. The van der Waals surface area contributed by atoms with E-state index in [1.165, 1.54) is 11.1 Å². The third-order valence-corrected chi connectivity index (χ3v) is 8.24. The quantitative estimate of drug-likeness (QED) is 0.205. The van der Waals surface area contributed by atoms with Crippen LogP contribution in [0, 0.1) is 27.7 Å². The number of hydrogen-bond donors (Lipinski definition) is 2. The third-order valence-electron chi connectivity index (χ3n) is 8.24. The minimum absolute atomic E-state index is 0. The molecule has 1 saturated heterocycles. The predicted octanol–water partition coefficient (Wildman–Crippen LogP) is 8.24. The van der Waals surface area contributed by atoms with Gasteiger partial charge in [-0.15, -0.1) is 49.6 Å². The summed E-state index contributed by atoms with van der Waals surface area (Å²) in [6.45, 7) is 11.7. The number of phenolic OH excluding ortho intramolecular Hbond substituents is 2. The SMILES string of the molecule is Cc1cc(-c2cc(CN3CCC(N(C)Cc4ccnc(-c5cc(C)c(O)c(C)c5)c4)CC3)ccn2)cc(C)c1O.Cl.Cl.Cl.Cl. The Balaban J connectivity index is 0.00000242. The van der Waals surface area contributed by atoms with Crippen molar-refractivity contribution in [3.8, 4) is 34.0 Å². The molecule has 2 aromatic heterocycles. The molecule has 44 heavy (non-hydrogen) atoms. The molecule has 10 heteroatoms. The van der Waals surface area contributed by atoms with Crippen LogP contribution >= 0.6 is 49.6 Å². The van der Waals surface area contributed by atoms with Crippen LogP contribution in [0.15, 0.2) is 60.9 Å². The molecule has 0 bridgehead atoms. The van der Waals surface area contributed by atoms with Gasteiger partial charge in [0.15, 0.2) is 0 Å². The maximum atomic E-state index is 10.1. The van der Waals surface area contributed by atoms with Crippen molar-refractivity contribution in [1.82, 2.24) is 19.8 Å². The predicted molar refractivity (Wildman–Crippen MR) is 190 cm³/mol. The van der Waals surface area contributed by atoms with E-state index in [2.05, 4.69) is 51.1 Å². The van der Waals surface area contributed by atoms with Crippen LogP contribution in [0.25, 0.3) is 22.5 Å². The highest BCUT2D eigenvalue weighted by Crippen LogP contribution is 2.30. The zero-order valence-electron chi connectivity index (χ0n) is 25.9. The highest BCUT2D eigenvalue weighted by atomic mass is 35.5. The number of phenols is 2. The normalized spacial score (nSPS) is 13.3. The molecule has 2 N–H and O–H groups in total. The number of nitrogens with zero attached hydrogens (tertiary/aromatic N) is 4. The summed E-state index contributed by atoms with van der Waals surface area (Å²) in [6, 6.07) is 17.1.